The normalized spacial score (nSPS) is 9.83. The zero-order chi connectivity index (χ0) is 7.84. The van der Waals surface area contributed by atoms with E-state index >= 15 is 0 Å². The molecule has 0 atom stereocenters. The molecule has 64 valence electrons. The Bertz CT molecular complexity index is 390. The first-order valence-corrected chi connectivity index (χ1v) is 3.82. The molecule has 1 heterocycles. The van der Waals surface area contributed by atoms with E-state index in [0.29, 0.717) is 0 Å². The number of aryl methyl sites for hydroxylation is 2. The molecule has 0 amide bonds. The summed E-state index contributed by atoms with van der Waals surface area (Å²) in [4.78, 5) is 3.29. The fraction of sp³-hybridized carbons (Fsp3) is 0.200. The Labute approximate surface area is 78.2 Å². The molecule has 0 spiro atoms. The van der Waals surface area contributed by atoms with Crippen molar-refractivity contribution in [3.8, 4) is 0 Å². The predicted octanol–water partition coefficient (Wildman–Crippen LogP) is 3.21. The maximum Gasteiger partial charge on any atom is 0.0456 e. The molecule has 0 bridgehead atoms. The lowest BCUT2D eigenvalue weighted by molar-refractivity contribution is 1.30. The third-order valence-corrected chi connectivity index (χ3v) is 1.91. The molecule has 12 heavy (non-hydrogen) atoms. The number of fused-ring (bicyclic) bond motifs is 1. The molecule has 2 rings (SSSR count). The Morgan fingerprint density at radius 2 is 1.83 bits per heavy atom. The predicted molar refractivity (Wildman–Crippen MR) is 55.0 cm³/mol. The second-order valence-electron chi connectivity index (χ2n) is 3.04. The van der Waals surface area contributed by atoms with E-state index in [2.05, 4.69) is 43.1 Å². The minimum absolute atomic E-state index is 0. The van der Waals surface area contributed by atoms with Gasteiger partial charge in [0.25, 0.3) is 0 Å². The van der Waals surface area contributed by atoms with E-state index < -0.39 is 0 Å². The molecule has 0 aliphatic heterocycles. The molecule has 0 aliphatic carbocycles. The summed E-state index contributed by atoms with van der Waals surface area (Å²) < 4.78 is 0. The fourth-order valence-corrected chi connectivity index (χ4v) is 1.40. The molecule has 1 nitrogen and oxygen atoms in total. The van der Waals surface area contributed by atoms with Crippen LogP contribution < -0.4 is 0 Å². The van der Waals surface area contributed by atoms with E-state index in [-0.39, 0.29) is 12.4 Å². The molecule has 0 saturated heterocycles. The van der Waals surface area contributed by atoms with Crippen molar-refractivity contribution in [2.24, 2.45) is 0 Å². The van der Waals surface area contributed by atoms with Crippen LogP contribution in [-0.2, 0) is 0 Å². The van der Waals surface area contributed by atoms with E-state index in [0.717, 1.165) is 0 Å². The summed E-state index contributed by atoms with van der Waals surface area (Å²) in [5.74, 6) is 0. The number of rotatable bonds is 0. The zero-order valence-corrected chi connectivity index (χ0v) is 8.03. The average Bonchev–Trinajstić information content (AvgIpc) is 2.27. The summed E-state index contributed by atoms with van der Waals surface area (Å²) in [5.41, 5.74) is 3.77. The molecule has 1 aromatic heterocycles. The molecule has 2 aromatic rings. The third-order valence-electron chi connectivity index (χ3n) is 1.91. The van der Waals surface area contributed by atoms with Crippen LogP contribution in [0.15, 0.2) is 24.3 Å². The van der Waals surface area contributed by atoms with Crippen LogP contribution in [0.3, 0.4) is 0 Å². The van der Waals surface area contributed by atoms with Crippen LogP contribution in [0.4, 0.5) is 0 Å². The van der Waals surface area contributed by atoms with Crippen molar-refractivity contribution in [1.29, 1.82) is 0 Å². The average molecular weight is 182 g/mol. The first kappa shape index (κ1) is 9.14. The van der Waals surface area contributed by atoms with Gasteiger partial charge in [-0.05, 0) is 37.4 Å². The molecule has 2 heteroatoms. The van der Waals surface area contributed by atoms with Gasteiger partial charge in [-0.2, -0.15) is 0 Å². The van der Waals surface area contributed by atoms with Gasteiger partial charge in [0.15, 0.2) is 0 Å². The van der Waals surface area contributed by atoms with Gasteiger partial charge in [-0.1, -0.05) is 11.6 Å². The van der Waals surface area contributed by atoms with Crippen LogP contribution in [0, 0.1) is 13.8 Å². The number of nitrogens with one attached hydrogen (secondary N) is 1. The van der Waals surface area contributed by atoms with Gasteiger partial charge in [-0.15, -0.1) is 12.4 Å². The SMILES string of the molecule is Cc1ccc2[nH]c(C)cc2c1.Cl. The van der Waals surface area contributed by atoms with E-state index in [1.165, 1.54) is 22.2 Å². The summed E-state index contributed by atoms with van der Waals surface area (Å²) in [6.07, 6.45) is 0. The van der Waals surface area contributed by atoms with Gasteiger partial charge in [0.2, 0.25) is 0 Å². The first-order chi connectivity index (χ1) is 5.25. The molecular weight excluding hydrogens is 170 g/mol. The molecule has 1 aromatic carbocycles. The molecule has 0 unspecified atom stereocenters. The molecule has 0 aliphatic rings. The van der Waals surface area contributed by atoms with Crippen molar-refractivity contribution in [2.75, 3.05) is 0 Å². The highest BCUT2D eigenvalue weighted by atomic mass is 35.5. The maximum absolute atomic E-state index is 3.29. The summed E-state index contributed by atoms with van der Waals surface area (Å²) >= 11 is 0. The van der Waals surface area contributed by atoms with Crippen molar-refractivity contribution in [3.63, 3.8) is 0 Å². The largest absolute Gasteiger partial charge is 0.359 e. The van der Waals surface area contributed by atoms with Crippen molar-refractivity contribution in [3.05, 3.63) is 35.5 Å². The third kappa shape index (κ3) is 1.46. The second-order valence-corrected chi connectivity index (χ2v) is 3.04. The van der Waals surface area contributed by atoms with Crippen molar-refractivity contribution in [2.45, 2.75) is 13.8 Å². The minimum Gasteiger partial charge on any atom is -0.359 e. The Balaban J connectivity index is 0.000000720. The summed E-state index contributed by atoms with van der Waals surface area (Å²) in [7, 11) is 0. The number of aromatic amines is 1. The molecule has 0 saturated carbocycles. The van der Waals surface area contributed by atoms with E-state index in [9.17, 15) is 0 Å². The monoisotopic (exact) mass is 181 g/mol. The number of aromatic nitrogens is 1. The topological polar surface area (TPSA) is 15.8 Å². The highest BCUT2D eigenvalue weighted by Crippen LogP contribution is 2.15. The van der Waals surface area contributed by atoms with Crippen molar-refractivity contribution >= 4 is 23.3 Å². The zero-order valence-electron chi connectivity index (χ0n) is 7.22. The van der Waals surface area contributed by atoms with Crippen LogP contribution in [0.2, 0.25) is 0 Å². The van der Waals surface area contributed by atoms with Gasteiger partial charge in [0, 0.05) is 11.2 Å². The van der Waals surface area contributed by atoms with E-state index in [4.69, 9.17) is 0 Å². The lowest BCUT2D eigenvalue weighted by Gasteiger charge is -1.90. The Morgan fingerprint density at radius 3 is 2.58 bits per heavy atom. The highest BCUT2D eigenvalue weighted by molar-refractivity contribution is 5.85. The van der Waals surface area contributed by atoms with Crippen molar-refractivity contribution in [1.82, 2.24) is 4.98 Å². The van der Waals surface area contributed by atoms with Crippen LogP contribution in [-0.4, -0.2) is 4.98 Å². The van der Waals surface area contributed by atoms with Crippen molar-refractivity contribution < 1.29 is 0 Å². The van der Waals surface area contributed by atoms with Crippen LogP contribution >= 0.6 is 12.4 Å². The number of hydrogen-bond donors (Lipinski definition) is 1. The number of hydrogen-bond acceptors (Lipinski definition) is 0. The Morgan fingerprint density at radius 1 is 1.08 bits per heavy atom. The Kier molecular flexibility index (Phi) is 2.43. The molecule has 0 fully saturated rings. The highest BCUT2D eigenvalue weighted by Gasteiger charge is 1.95. The first-order valence-electron chi connectivity index (χ1n) is 3.82. The van der Waals surface area contributed by atoms with E-state index in [1.807, 2.05) is 0 Å². The van der Waals surface area contributed by atoms with Gasteiger partial charge < -0.3 is 4.98 Å². The number of H-pyrrole nitrogens is 1. The van der Waals surface area contributed by atoms with E-state index in [1.54, 1.807) is 0 Å². The lowest BCUT2D eigenvalue weighted by atomic mass is 10.2. The number of halogens is 1. The van der Waals surface area contributed by atoms with Crippen LogP contribution in [0.5, 0.6) is 0 Å². The van der Waals surface area contributed by atoms with Crippen LogP contribution in [0.1, 0.15) is 11.3 Å². The summed E-state index contributed by atoms with van der Waals surface area (Å²) in [5, 5.41) is 1.31. The van der Waals surface area contributed by atoms with Crippen LogP contribution in [0.25, 0.3) is 10.9 Å². The van der Waals surface area contributed by atoms with Gasteiger partial charge in [-0.25, -0.2) is 0 Å². The standard InChI is InChI=1S/C10H11N.ClH/c1-7-3-4-10-9(5-7)6-8(2)11-10;/h3-6,11H,1-2H3;1H. The quantitative estimate of drug-likeness (QED) is 0.643. The second kappa shape index (κ2) is 3.20. The van der Waals surface area contributed by atoms with Gasteiger partial charge >= 0.3 is 0 Å². The fourth-order valence-electron chi connectivity index (χ4n) is 1.40. The summed E-state index contributed by atoms with van der Waals surface area (Å²) in [6, 6.07) is 8.61. The Hall–Kier alpha value is -0.950. The van der Waals surface area contributed by atoms with Gasteiger partial charge in [0.05, 0.1) is 0 Å². The molecule has 1 N–H and O–H groups in total. The molecule has 0 radical (unpaired) electrons. The summed E-state index contributed by atoms with van der Waals surface area (Å²) in [6.45, 7) is 4.19. The maximum atomic E-state index is 3.29. The van der Waals surface area contributed by atoms with Gasteiger partial charge in [-0.3, -0.25) is 0 Å². The smallest absolute Gasteiger partial charge is 0.0456 e. The lowest BCUT2D eigenvalue weighted by Crippen LogP contribution is -1.70. The number of benzene rings is 1. The minimum atomic E-state index is 0. The van der Waals surface area contributed by atoms with Gasteiger partial charge in [0.1, 0.15) is 0 Å². The molecular formula is C10H12ClN.